The molecule has 6 heteroatoms. The summed E-state index contributed by atoms with van der Waals surface area (Å²) in [4.78, 5) is 0. The summed E-state index contributed by atoms with van der Waals surface area (Å²) in [5.41, 5.74) is 3.03. The first-order valence-electron chi connectivity index (χ1n) is 7.83. The number of aliphatic hydroxyl groups is 1. The van der Waals surface area contributed by atoms with Crippen LogP contribution in [0.1, 0.15) is 22.9 Å². The van der Waals surface area contributed by atoms with Crippen LogP contribution in [0.5, 0.6) is 0 Å². The van der Waals surface area contributed by atoms with Gasteiger partial charge in [-0.25, -0.2) is 0 Å². The van der Waals surface area contributed by atoms with E-state index in [9.17, 15) is 9.66 Å². The lowest BCUT2D eigenvalue weighted by molar-refractivity contribution is 0.201. The number of rotatable bonds is 6. The number of halogens is 1. The van der Waals surface area contributed by atoms with Gasteiger partial charge < -0.3 is 14.2 Å². The van der Waals surface area contributed by atoms with E-state index in [1.807, 2.05) is 54.6 Å². The average molecular weight is 420 g/mol. The largest absolute Gasteiger partial charge is 0.616 e. The van der Waals surface area contributed by atoms with Gasteiger partial charge in [0.05, 0.1) is 11.3 Å². The Balaban J connectivity index is 1.77. The van der Waals surface area contributed by atoms with Crippen molar-refractivity contribution in [3.05, 3.63) is 75.9 Å². The summed E-state index contributed by atoms with van der Waals surface area (Å²) in [6.07, 6.45) is -0.894. The Labute approximate surface area is 158 Å². The highest BCUT2D eigenvalue weighted by Gasteiger charge is 2.26. The van der Waals surface area contributed by atoms with E-state index in [0.717, 1.165) is 15.6 Å². The van der Waals surface area contributed by atoms with Gasteiger partial charge in [0, 0.05) is 15.6 Å². The zero-order chi connectivity index (χ0) is 17.8. The summed E-state index contributed by atoms with van der Waals surface area (Å²) in [7, 11) is 0. The van der Waals surface area contributed by atoms with Gasteiger partial charge in [0.1, 0.15) is 17.6 Å². The summed E-state index contributed by atoms with van der Waals surface area (Å²) in [5.74, 6) is 1.07. The molecule has 1 aromatic heterocycles. The predicted molar refractivity (Wildman–Crippen MR) is 102 cm³/mol. The maximum atomic E-state index is 12.4. The van der Waals surface area contributed by atoms with Crippen molar-refractivity contribution in [2.24, 2.45) is 0 Å². The molecule has 0 radical (unpaired) electrons. The Kier molecular flexibility index (Phi) is 5.96. The van der Waals surface area contributed by atoms with Crippen LogP contribution in [0, 0.1) is 6.92 Å². The smallest absolute Gasteiger partial charge is 0.173 e. The molecule has 1 heterocycles. The van der Waals surface area contributed by atoms with Crippen molar-refractivity contribution in [2.45, 2.75) is 18.8 Å². The maximum Gasteiger partial charge on any atom is 0.173 e. The van der Waals surface area contributed by atoms with E-state index in [-0.39, 0.29) is 5.75 Å². The van der Waals surface area contributed by atoms with Crippen LogP contribution in [0.3, 0.4) is 0 Å². The van der Waals surface area contributed by atoms with Gasteiger partial charge in [-0.3, -0.25) is 0 Å². The van der Waals surface area contributed by atoms with E-state index in [0.29, 0.717) is 22.8 Å². The van der Waals surface area contributed by atoms with E-state index >= 15 is 0 Å². The number of benzene rings is 2. The van der Waals surface area contributed by atoms with E-state index in [2.05, 4.69) is 21.1 Å². The van der Waals surface area contributed by atoms with Gasteiger partial charge in [-0.1, -0.05) is 63.6 Å². The molecule has 0 saturated heterocycles. The molecule has 3 aromatic rings. The SMILES string of the molecule is Cc1noc(-c2ccc(Br)cc2)c1[C@H](O)C[S+]([O-])Cc1ccccc1. The third-order valence-electron chi connectivity index (χ3n) is 3.86. The molecule has 130 valence electrons. The van der Waals surface area contributed by atoms with Gasteiger partial charge in [-0.2, -0.15) is 0 Å². The van der Waals surface area contributed by atoms with Crippen molar-refractivity contribution in [2.75, 3.05) is 5.75 Å². The minimum atomic E-state index is -1.19. The van der Waals surface area contributed by atoms with Crippen LogP contribution >= 0.6 is 15.9 Å². The molecule has 0 aliphatic heterocycles. The molecule has 0 aliphatic rings. The second-order valence-corrected chi connectivity index (χ2v) is 8.19. The predicted octanol–water partition coefficient (Wildman–Crippen LogP) is 4.39. The van der Waals surface area contributed by atoms with E-state index in [4.69, 9.17) is 4.52 Å². The van der Waals surface area contributed by atoms with Crippen molar-refractivity contribution in [1.82, 2.24) is 5.16 Å². The lowest BCUT2D eigenvalue weighted by Gasteiger charge is -2.16. The molecule has 0 fully saturated rings. The highest BCUT2D eigenvalue weighted by Crippen LogP contribution is 2.32. The van der Waals surface area contributed by atoms with Gasteiger partial charge in [0.15, 0.2) is 5.76 Å². The first-order chi connectivity index (χ1) is 12.0. The highest BCUT2D eigenvalue weighted by molar-refractivity contribution is 9.10. The molecular weight excluding hydrogens is 402 g/mol. The number of nitrogens with zero attached hydrogens (tertiary/aromatic N) is 1. The summed E-state index contributed by atoms with van der Waals surface area (Å²) < 4.78 is 18.8. The van der Waals surface area contributed by atoms with Gasteiger partial charge in [0.2, 0.25) is 0 Å². The molecule has 0 spiro atoms. The molecule has 1 N–H and O–H groups in total. The van der Waals surface area contributed by atoms with Crippen LogP contribution < -0.4 is 0 Å². The van der Waals surface area contributed by atoms with Crippen LogP contribution in [-0.4, -0.2) is 20.6 Å². The number of aromatic nitrogens is 1. The quantitative estimate of drug-likeness (QED) is 0.601. The fourth-order valence-corrected chi connectivity index (χ4v) is 4.12. The monoisotopic (exact) mass is 419 g/mol. The van der Waals surface area contributed by atoms with Crippen molar-refractivity contribution >= 4 is 27.1 Å². The minimum absolute atomic E-state index is 0.139. The molecule has 25 heavy (non-hydrogen) atoms. The average Bonchev–Trinajstić information content (AvgIpc) is 2.98. The van der Waals surface area contributed by atoms with Gasteiger partial charge in [0.25, 0.3) is 0 Å². The number of hydrogen-bond donors (Lipinski definition) is 1. The van der Waals surface area contributed by atoms with Gasteiger partial charge >= 0.3 is 0 Å². The number of hydrogen-bond acceptors (Lipinski definition) is 4. The topological polar surface area (TPSA) is 69.3 Å². The number of aryl methyl sites for hydroxylation is 1. The zero-order valence-corrected chi connectivity index (χ0v) is 16.1. The molecule has 1 unspecified atom stereocenters. The Morgan fingerprint density at radius 3 is 2.52 bits per heavy atom. The summed E-state index contributed by atoms with van der Waals surface area (Å²) in [6, 6.07) is 17.2. The van der Waals surface area contributed by atoms with Crippen LogP contribution in [0.25, 0.3) is 11.3 Å². The molecule has 2 aromatic carbocycles. The molecule has 4 nitrogen and oxygen atoms in total. The molecular formula is C19H18BrNO3S. The maximum absolute atomic E-state index is 12.4. The summed E-state index contributed by atoms with van der Waals surface area (Å²) >= 11 is 2.21. The standard InChI is InChI=1S/C19H18BrNO3S/c1-13-18(19(24-21-13)15-7-9-16(20)10-8-15)17(22)12-25(23)11-14-5-3-2-4-6-14/h2-10,17,22H,11-12H2,1H3/t17-,25?/m1/s1. The van der Waals surface area contributed by atoms with Crippen LogP contribution in [0.15, 0.2) is 63.6 Å². The summed E-state index contributed by atoms with van der Waals surface area (Å²) in [5, 5.41) is 14.6. The van der Waals surface area contributed by atoms with Gasteiger partial charge in [-0.05, 0) is 30.2 Å². The molecule has 0 aliphatic carbocycles. The van der Waals surface area contributed by atoms with Crippen molar-refractivity contribution in [3.8, 4) is 11.3 Å². The van der Waals surface area contributed by atoms with Crippen molar-refractivity contribution in [1.29, 1.82) is 0 Å². The Morgan fingerprint density at radius 1 is 1.16 bits per heavy atom. The molecule has 3 rings (SSSR count). The summed E-state index contributed by atoms with van der Waals surface area (Å²) in [6.45, 7) is 1.78. The Morgan fingerprint density at radius 2 is 1.84 bits per heavy atom. The molecule has 2 atom stereocenters. The lowest BCUT2D eigenvalue weighted by Crippen LogP contribution is -2.17. The Bertz CT molecular complexity index is 820. The first kappa shape index (κ1) is 18.2. The second-order valence-electron chi connectivity index (χ2n) is 5.77. The third-order valence-corrected chi connectivity index (χ3v) is 5.73. The minimum Gasteiger partial charge on any atom is -0.616 e. The second kappa shape index (κ2) is 8.19. The molecule has 0 saturated carbocycles. The third kappa shape index (κ3) is 4.52. The van der Waals surface area contributed by atoms with E-state index in [1.54, 1.807) is 6.92 Å². The fourth-order valence-electron chi connectivity index (χ4n) is 2.66. The number of aliphatic hydroxyl groups excluding tert-OH is 1. The van der Waals surface area contributed by atoms with Crippen LogP contribution in [-0.2, 0) is 16.9 Å². The van der Waals surface area contributed by atoms with E-state index < -0.39 is 17.3 Å². The van der Waals surface area contributed by atoms with Crippen LogP contribution in [0.2, 0.25) is 0 Å². The van der Waals surface area contributed by atoms with Crippen LogP contribution in [0.4, 0.5) is 0 Å². The van der Waals surface area contributed by atoms with Crippen molar-refractivity contribution < 1.29 is 14.2 Å². The lowest BCUT2D eigenvalue weighted by atomic mass is 10.0. The fraction of sp³-hybridized carbons (Fsp3) is 0.211. The Hall–Kier alpha value is -1.60. The molecule has 0 bridgehead atoms. The van der Waals surface area contributed by atoms with E-state index in [1.165, 1.54) is 0 Å². The normalized spacial score (nSPS) is 13.6. The first-order valence-corrected chi connectivity index (χ1v) is 10.1. The zero-order valence-electron chi connectivity index (χ0n) is 13.7. The van der Waals surface area contributed by atoms with Crippen molar-refractivity contribution in [3.63, 3.8) is 0 Å². The highest BCUT2D eigenvalue weighted by atomic mass is 79.9. The molecule has 0 amide bonds. The van der Waals surface area contributed by atoms with Gasteiger partial charge in [-0.15, -0.1) is 0 Å².